The maximum absolute atomic E-state index is 11.3. The molecule has 0 radical (unpaired) electrons. The minimum atomic E-state index is 0.0470. The second-order valence-corrected chi connectivity index (χ2v) is 3.65. The molecule has 1 aromatic rings. The minimum absolute atomic E-state index is 0.0470. The molecule has 82 valence electrons. The monoisotopic (exact) mass is 206 g/mol. The van der Waals surface area contributed by atoms with Crippen LogP contribution in [-0.4, -0.2) is 20.0 Å². The van der Waals surface area contributed by atoms with Crippen molar-refractivity contribution in [2.45, 2.75) is 19.9 Å². The van der Waals surface area contributed by atoms with E-state index in [0.717, 1.165) is 11.3 Å². The highest BCUT2D eigenvalue weighted by molar-refractivity contribution is 5.91. The molecule has 0 fully saturated rings. The molecule has 0 saturated carbocycles. The minimum Gasteiger partial charge on any atom is -0.315 e. The molecule has 15 heavy (non-hydrogen) atoms. The van der Waals surface area contributed by atoms with Crippen LogP contribution in [-0.2, 0) is 4.79 Å². The fraction of sp³-hybridized carbons (Fsp3) is 0.417. The zero-order valence-corrected chi connectivity index (χ0v) is 9.74. The van der Waals surface area contributed by atoms with Gasteiger partial charge in [-0.15, -0.1) is 0 Å². The van der Waals surface area contributed by atoms with E-state index in [4.69, 9.17) is 0 Å². The summed E-state index contributed by atoms with van der Waals surface area (Å²) in [5.74, 6) is 0.0470. The SMILES string of the molecule is CNC(C)c1ccccc1N(C)C(C)=O. The third kappa shape index (κ3) is 2.57. The summed E-state index contributed by atoms with van der Waals surface area (Å²) >= 11 is 0. The number of hydrogen-bond donors (Lipinski definition) is 1. The first kappa shape index (κ1) is 11.7. The van der Waals surface area contributed by atoms with Crippen molar-refractivity contribution in [3.8, 4) is 0 Å². The molecule has 3 heteroatoms. The average molecular weight is 206 g/mol. The van der Waals surface area contributed by atoms with Gasteiger partial charge >= 0.3 is 0 Å². The number of rotatable bonds is 3. The molecule has 1 aromatic carbocycles. The zero-order valence-electron chi connectivity index (χ0n) is 9.74. The van der Waals surface area contributed by atoms with Gasteiger partial charge in [0.15, 0.2) is 0 Å². The van der Waals surface area contributed by atoms with Gasteiger partial charge in [-0.1, -0.05) is 18.2 Å². The second kappa shape index (κ2) is 4.94. The van der Waals surface area contributed by atoms with Crippen LogP contribution < -0.4 is 10.2 Å². The van der Waals surface area contributed by atoms with Gasteiger partial charge in [0.05, 0.1) is 0 Å². The number of hydrogen-bond acceptors (Lipinski definition) is 2. The first-order valence-corrected chi connectivity index (χ1v) is 5.08. The molecule has 0 bridgehead atoms. The van der Waals surface area contributed by atoms with Gasteiger partial charge in [0.2, 0.25) is 5.91 Å². The van der Waals surface area contributed by atoms with Gasteiger partial charge in [0, 0.05) is 25.7 Å². The van der Waals surface area contributed by atoms with Crippen molar-refractivity contribution in [1.29, 1.82) is 0 Å². The Morgan fingerprint density at radius 1 is 1.40 bits per heavy atom. The largest absolute Gasteiger partial charge is 0.315 e. The predicted molar refractivity (Wildman–Crippen MR) is 63.0 cm³/mol. The van der Waals surface area contributed by atoms with E-state index in [9.17, 15) is 4.79 Å². The lowest BCUT2D eigenvalue weighted by molar-refractivity contribution is -0.116. The van der Waals surface area contributed by atoms with E-state index in [1.807, 2.05) is 31.3 Å². The molecular formula is C12H18N2O. The second-order valence-electron chi connectivity index (χ2n) is 3.65. The van der Waals surface area contributed by atoms with Crippen LogP contribution >= 0.6 is 0 Å². The number of para-hydroxylation sites is 1. The van der Waals surface area contributed by atoms with E-state index in [1.54, 1.807) is 18.9 Å². The molecule has 0 aliphatic rings. The third-order valence-electron chi connectivity index (χ3n) is 2.67. The van der Waals surface area contributed by atoms with Crippen LogP contribution in [0.15, 0.2) is 24.3 Å². The van der Waals surface area contributed by atoms with E-state index in [2.05, 4.69) is 12.2 Å². The Kier molecular flexibility index (Phi) is 3.86. The third-order valence-corrected chi connectivity index (χ3v) is 2.67. The van der Waals surface area contributed by atoms with Crippen LogP contribution in [0.5, 0.6) is 0 Å². The van der Waals surface area contributed by atoms with Crippen LogP contribution in [0.25, 0.3) is 0 Å². The smallest absolute Gasteiger partial charge is 0.223 e. The highest BCUT2D eigenvalue weighted by Gasteiger charge is 2.13. The number of nitrogens with one attached hydrogen (secondary N) is 1. The van der Waals surface area contributed by atoms with Crippen LogP contribution in [0, 0.1) is 0 Å². The van der Waals surface area contributed by atoms with Gasteiger partial charge in [-0.25, -0.2) is 0 Å². The lowest BCUT2D eigenvalue weighted by Crippen LogP contribution is -2.25. The first-order chi connectivity index (χ1) is 7.07. The fourth-order valence-corrected chi connectivity index (χ4v) is 1.48. The highest BCUT2D eigenvalue weighted by Crippen LogP contribution is 2.24. The molecule has 0 aromatic heterocycles. The number of benzene rings is 1. The molecule has 0 heterocycles. The molecule has 1 amide bonds. The Labute approximate surface area is 91.1 Å². The highest BCUT2D eigenvalue weighted by atomic mass is 16.2. The van der Waals surface area contributed by atoms with Gasteiger partial charge in [0.1, 0.15) is 0 Å². The van der Waals surface area contributed by atoms with E-state index >= 15 is 0 Å². The molecule has 3 nitrogen and oxygen atoms in total. The number of nitrogens with zero attached hydrogens (tertiary/aromatic N) is 1. The summed E-state index contributed by atoms with van der Waals surface area (Å²) in [4.78, 5) is 13.0. The molecule has 1 atom stereocenters. The summed E-state index contributed by atoms with van der Waals surface area (Å²) in [7, 11) is 3.71. The van der Waals surface area contributed by atoms with Crippen LogP contribution in [0.3, 0.4) is 0 Å². The van der Waals surface area contributed by atoms with Gasteiger partial charge in [-0.3, -0.25) is 4.79 Å². The lowest BCUT2D eigenvalue weighted by Gasteiger charge is -2.22. The maximum atomic E-state index is 11.3. The summed E-state index contributed by atoms with van der Waals surface area (Å²) in [5.41, 5.74) is 2.10. The molecule has 1 N–H and O–H groups in total. The quantitative estimate of drug-likeness (QED) is 0.819. The summed E-state index contributed by atoms with van der Waals surface area (Å²) in [6.07, 6.45) is 0. The van der Waals surface area contributed by atoms with Crippen molar-refractivity contribution in [3.63, 3.8) is 0 Å². The predicted octanol–water partition coefficient (Wildman–Crippen LogP) is 1.95. The summed E-state index contributed by atoms with van der Waals surface area (Å²) in [6, 6.07) is 8.17. The number of carbonyl (C=O) groups excluding carboxylic acids is 1. The molecule has 0 saturated heterocycles. The van der Waals surface area contributed by atoms with Gasteiger partial charge in [-0.2, -0.15) is 0 Å². The van der Waals surface area contributed by atoms with E-state index < -0.39 is 0 Å². The van der Waals surface area contributed by atoms with Crippen molar-refractivity contribution in [3.05, 3.63) is 29.8 Å². The Balaban J connectivity index is 3.11. The molecule has 0 aliphatic heterocycles. The first-order valence-electron chi connectivity index (χ1n) is 5.08. The zero-order chi connectivity index (χ0) is 11.4. The molecule has 1 unspecified atom stereocenters. The summed E-state index contributed by atoms with van der Waals surface area (Å²) in [6.45, 7) is 3.65. The van der Waals surface area contributed by atoms with Crippen LogP contribution in [0.4, 0.5) is 5.69 Å². The molecule has 0 aliphatic carbocycles. The fourth-order valence-electron chi connectivity index (χ4n) is 1.48. The van der Waals surface area contributed by atoms with Crippen LogP contribution in [0.1, 0.15) is 25.5 Å². The van der Waals surface area contributed by atoms with E-state index in [0.29, 0.717) is 0 Å². The molecular weight excluding hydrogens is 188 g/mol. The van der Waals surface area contributed by atoms with Crippen molar-refractivity contribution < 1.29 is 4.79 Å². The van der Waals surface area contributed by atoms with Crippen LogP contribution in [0.2, 0.25) is 0 Å². The maximum Gasteiger partial charge on any atom is 0.223 e. The normalized spacial score (nSPS) is 12.3. The van der Waals surface area contributed by atoms with Gasteiger partial charge in [0.25, 0.3) is 0 Å². The number of amides is 1. The lowest BCUT2D eigenvalue weighted by atomic mass is 10.1. The summed E-state index contributed by atoms with van der Waals surface area (Å²) in [5, 5.41) is 3.18. The van der Waals surface area contributed by atoms with E-state index in [1.165, 1.54) is 0 Å². The van der Waals surface area contributed by atoms with Gasteiger partial charge < -0.3 is 10.2 Å². The van der Waals surface area contributed by atoms with Gasteiger partial charge in [-0.05, 0) is 25.6 Å². The molecule has 0 spiro atoms. The Hall–Kier alpha value is -1.35. The van der Waals surface area contributed by atoms with Crippen molar-refractivity contribution >= 4 is 11.6 Å². The standard InChI is InChI=1S/C12H18N2O/c1-9(13-3)11-7-5-6-8-12(11)14(4)10(2)15/h5-9,13H,1-4H3. The summed E-state index contributed by atoms with van der Waals surface area (Å²) < 4.78 is 0. The Bertz CT molecular complexity index is 349. The number of carbonyl (C=O) groups is 1. The molecule has 1 rings (SSSR count). The van der Waals surface area contributed by atoms with Crippen molar-refractivity contribution in [2.24, 2.45) is 0 Å². The topological polar surface area (TPSA) is 32.3 Å². The van der Waals surface area contributed by atoms with Crippen molar-refractivity contribution in [1.82, 2.24) is 5.32 Å². The number of anilines is 1. The van der Waals surface area contributed by atoms with Crippen molar-refractivity contribution in [2.75, 3.05) is 19.0 Å². The Morgan fingerprint density at radius 2 is 2.00 bits per heavy atom. The average Bonchev–Trinajstić information content (AvgIpc) is 2.27. The van der Waals surface area contributed by atoms with E-state index in [-0.39, 0.29) is 11.9 Å². The Morgan fingerprint density at radius 3 is 2.53 bits per heavy atom.